The van der Waals surface area contributed by atoms with Crippen LogP contribution in [-0.2, 0) is 4.79 Å². The number of nitrogens with one attached hydrogen (secondary N) is 1. The molecule has 0 amide bonds. The summed E-state index contributed by atoms with van der Waals surface area (Å²) in [5.41, 5.74) is 0. The fourth-order valence-electron chi connectivity index (χ4n) is 0.802. The molecule has 14 heavy (non-hydrogen) atoms. The second kappa shape index (κ2) is 14.6. The first-order chi connectivity index (χ1) is 6.68. The van der Waals surface area contributed by atoms with Gasteiger partial charge >= 0.3 is 5.97 Å². The quantitative estimate of drug-likeness (QED) is 0.556. The van der Waals surface area contributed by atoms with E-state index in [1.807, 2.05) is 0 Å². The second-order valence-corrected chi connectivity index (χ2v) is 2.67. The molecule has 0 bridgehead atoms. The lowest BCUT2D eigenvalue weighted by Gasteiger charge is -2.08. The molecular weight excluding hydrogens is 182 g/mol. The Balaban J connectivity index is 0. The smallest absolute Gasteiger partial charge is 0.327 e. The Morgan fingerprint density at radius 3 is 1.86 bits per heavy atom. The third kappa shape index (κ3) is 22.5. The first-order valence-corrected chi connectivity index (χ1v) is 4.86. The summed E-state index contributed by atoms with van der Waals surface area (Å²) in [5, 5.41) is 18.5. The molecule has 0 aromatic carbocycles. The summed E-state index contributed by atoms with van der Waals surface area (Å²) in [6.07, 6.45) is 5.05. The predicted octanol–water partition coefficient (Wildman–Crippen LogP) is 1.02. The number of carboxylic acid groups (broad SMARTS) is 1. The van der Waals surface area contributed by atoms with Crippen molar-refractivity contribution in [3.05, 3.63) is 12.7 Å². The summed E-state index contributed by atoms with van der Waals surface area (Å²) < 4.78 is 0. The predicted molar refractivity (Wildman–Crippen MR) is 57.3 cm³/mol. The van der Waals surface area contributed by atoms with Crippen molar-refractivity contribution in [2.24, 2.45) is 0 Å². The zero-order valence-corrected chi connectivity index (χ0v) is 8.83. The molecule has 1 heterocycles. The minimum atomic E-state index is -0.981. The van der Waals surface area contributed by atoms with Crippen molar-refractivity contribution in [2.45, 2.75) is 26.2 Å². The topological polar surface area (TPSA) is 69.6 Å². The molecule has 0 aliphatic carbocycles. The van der Waals surface area contributed by atoms with Gasteiger partial charge in [0.25, 0.3) is 0 Å². The Kier molecular flexibility index (Phi) is 16.3. The number of hydrogen-bond donors (Lipinski definition) is 3. The Bertz CT molecular complexity index is 122. The van der Waals surface area contributed by atoms with Gasteiger partial charge in [-0.25, -0.2) is 4.79 Å². The van der Waals surface area contributed by atoms with Gasteiger partial charge in [0.15, 0.2) is 0 Å². The van der Waals surface area contributed by atoms with Gasteiger partial charge in [-0.3, -0.25) is 0 Å². The average Bonchev–Trinajstić information content (AvgIpc) is 2.22. The summed E-state index contributed by atoms with van der Waals surface area (Å²) in [5.74, 6) is -0.981. The van der Waals surface area contributed by atoms with Gasteiger partial charge in [0.1, 0.15) is 0 Å². The fraction of sp³-hybridized carbons (Fsp3) is 0.700. The molecule has 0 aromatic rings. The first-order valence-electron chi connectivity index (χ1n) is 4.86. The normalized spacial score (nSPS) is 13.9. The largest absolute Gasteiger partial charge is 0.478 e. The summed E-state index contributed by atoms with van der Waals surface area (Å²) in [6, 6.07) is 0. The number of carbonyl (C=O) groups is 1. The van der Waals surface area contributed by atoms with E-state index in [9.17, 15) is 4.79 Å². The first kappa shape index (κ1) is 15.6. The summed E-state index contributed by atoms with van der Waals surface area (Å²) in [7, 11) is 0. The zero-order chi connectivity index (χ0) is 11.2. The summed E-state index contributed by atoms with van der Waals surface area (Å²) in [6.45, 7) is 7.39. The molecule has 0 radical (unpaired) electrons. The summed E-state index contributed by atoms with van der Waals surface area (Å²) >= 11 is 0. The van der Waals surface area contributed by atoms with Crippen LogP contribution in [0.5, 0.6) is 0 Å². The monoisotopic (exact) mass is 203 g/mol. The molecule has 4 heteroatoms. The van der Waals surface area contributed by atoms with Gasteiger partial charge in [-0.2, -0.15) is 0 Å². The number of rotatable bonds is 1. The second-order valence-electron chi connectivity index (χ2n) is 2.67. The molecule has 0 unspecified atom stereocenters. The maximum Gasteiger partial charge on any atom is 0.327 e. The van der Waals surface area contributed by atoms with Crippen LogP contribution in [0.2, 0.25) is 0 Å². The molecule has 0 spiro atoms. The standard InChI is InChI=1S/C5H11N.C3H4O2.C2H6O/c1-2-4-6-5-3-1;1-2-3(4)5;1-2-3/h6H,1-5H2;2H,1H2,(H,4,5);3H,2H2,1H3. The maximum absolute atomic E-state index is 9.25. The van der Waals surface area contributed by atoms with Crippen LogP contribution in [0.15, 0.2) is 12.7 Å². The highest BCUT2D eigenvalue weighted by Crippen LogP contribution is 1.96. The number of piperidine rings is 1. The molecule has 0 saturated carbocycles. The maximum atomic E-state index is 9.25. The van der Waals surface area contributed by atoms with Crippen molar-refractivity contribution in [3.8, 4) is 0 Å². The van der Waals surface area contributed by atoms with E-state index < -0.39 is 5.97 Å². The molecule has 1 fully saturated rings. The van der Waals surface area contributed by atoms with Crippen LogP contribution in [0.4, 0.5) is 0 Å². The molecule has 3 N–H and O–H groups in total. The van der Waals surface area contributed by atoms with Crippen LogP contribution in [-0.4, -0.2) is 35.9 Å². The lowest BCUT2D eigenvalue weighted by atomic mass is 10.2. The third-order valence-electron chi connectivity index (χ3n) is 1.38. The van der Waals surface area contributed by atoms with Crippen LogP contribution >= 0.6 is 0 Å². The van der Waals surface area contributed by atoms with Crippen LogP contribution in [0.1, 0.15) is 26.2 Å². The van der Waals surface area contributed by atoms with Crippen molar-refractivity contribution >= 4 is 5.97 Å². The van der Waals surface area contributed by atoms with Gasteiger partial charge in [-0.1, -0.05) is 13.0 Å². The molecule has 84 valence electrons. The van der Waals surface area contributed by atoms with Gasteiger partial charge in [-0.05, 0) is 32.9 Å². The van der Waals surface area contributed by atoms with Crippen molar-refractivity contribution < 1.29 is 15.0 Å². The van der Waals surface area contributed by atoms with E-state index in [-0.39, 0.29) is 6.61 Å². The highest BCUT2D eigenvalue weighted by molar-refractivity contribution is 5.78. The fourth-order valence-corrected chi connectivity index (χ4v) is 0.802. The Morgan fingerprint density at radius 2 is 1.79 bits per heavy atom. The molecule has 1 rings (SSSR count). The Hall–Kier alpha value is -0.870. The van der Waals surface area contributed by atoms with Crippen LogP contribution < -0.4 is 5.32 Å². The van der Waals surface area contributed by atoms with Gasteiger partial charge in [0.2, 0.25) is 0 Å². The van der Waals surface area contributed by atoms with Crippen molar-refractivity contribution in [2.75, 3.05) is 19.7 Å². The van der Waals surface area contributed by atoms with Crippen LogP contribution in [0.25, 0.3) is 0 Å². The minimum Gasteiger partial charge on any atom is -0.478 e. The summed E-state index contributed by atoms with van der Waals surface area (Å²) in [4.78, 5) is 9.25. The molecule has 4 nitrogen and oxygen atoms in total. The molecule has 1 aliphatic heterocycles. The Morgan fingerprint density at radius 1 is 1.43 bits per heavy atom. The third-order valence-corrected chi connectivity index (χ3v) is 1.38. The van der Waals surface area contributed by atoms with E-state index in [0.29, 0.717) is 0 Å². The number of carboxylic acids is 1. The molecular formula is C10H21NO3. The van der Waals surface area contributed by atoms with Crippen molar-refractivity contribution in [1.82, 2.24) is 5.32 Å². The van der Waals surface area contributed by atoms with E-state index >= 15 is 0 Å². The number of aliphatic hydroxyl groups is 1. The lowest BCUT2D eigenvalue weighted by Crippen LogP contribution is -2.21. The van der Waals surface area contributed by atoms with Crippen molar-refractivity contribution in [3.63, 3.8) is 0 Å². The Labute approximate surface area is 85.6 Å². The molecule has 0 atom stereocenters. The van der Waals surface area contributed by atoms with E-state index in [4.69, 9.17) is 10.2 Å². The van der Waals surface area contributed by atoms with Crippen LogP contribution in [0.3, 0.4) is 0 Å². The minimum absolute atomic E-state index is 0.250. The number of aliphatic carboxylic acids is 1. The van der Waals surface area contributed by atoms with E-state index in [1.165, 1.54) is 32.4 Å². The molecule has 1 aliphatic rings. The molecule has 0 aromatic heterocycles. The van der Waals surface area contributed by atoms with Crippen molar-refractivity contribution in [1.29, 1.82) is 0 Å². The zero-order valence-electron chi connectivity index (χ0n) is 8.83. The number of hydrogen-bond acceptors (Lipinski definition) is 3. The van der Waals surface area contributed by atoms with Gasteiger partial charge in [0, 0.05) is 12.7 Å². The SMILES string of the molecule is C1CCNCC1.C=CC(=O)O.CCO. The van der Waals surface area contributed by atoms with Crippen LogP contribution in [0, 0.1) is 0 Å². The van der Waals surface area contributed by atoms with E-state index in [2.05, 4.69) is 11.9 Å². The van der Waals surface area contributed by atoms with Gasteiger partial charge < -0.3 is 15.5 Å². The highest BCUT2D eigenvalue weighted by Gasteiger charge is 1.93. The van der Waals surface area contributed by atoms with E-state index in [0.717, 1.165) is 6.08 Å². The lowest BCUT2D eigenvalue weighted by molar-refractivity contribution is -0.131. The average molecular weight is 203 g/mol. The van der Waals surface area contributed by atoms with E-state index in [1.54, 1.807) is 6.92 Å². The van der Waals surface area contributed by atoms with Gasteiger partial charge in [0.05, 0.1) is 0 Å². The van der Waals surface area contributed by atoms with Gasteiger partial charge in [-0.15, -0.1) is 0 Å². The number of aliphatic hydroxyl groups excluding tert-OH is 1. The molecule has 1 saturated heterocycles. The highest BCUT2D eigenvalue weighted by atomic mass is 16.4.